The molecule has 0 spiro atoms. The lowest BCUT2D eigenvalue weighted by molar-refractivity contribution is 0.103. The van der Waals surface area contributed by atoms with Crippen LogP contribution in [0.3, 0.4) is 0 Å². The highest BCUT2D eigenvalue weighted by Gasteiger charge is 2.16. The van der Waals surface area contributed by atoms with Crippen molar-refractivity contribution in [3.8, 4) is 0 Å². The Bertz CT molecular complexity index is 598. The Hall–Kier alpha value is -2.03. The SMILES string of the molecule is Cc1cc(F)cc(C(=O)c2cccc(C)c2F)c1. The van der Waals surface area contributed by atoms with E-state index >= 15 is 0 Å². The van der Waals surface area contributed by atoms with Crippen molar-refractivity contribution < 1.29 is 13.6 Å². The molecular formula is C15H12F2O. The van der Waals surface area contributed by atoms with Gasteiger partial charge in [-0.1, -0.05) is 12.1 Å². The number of carbonyl (C=O) groups is 1. The van der Waals surface area contributed by atoms with Crippen LogP contribution < -0.4 is 0 Å². The van der Waals surface area contributed by atoms with Gasteiger partial charge in [-0.3, -0.25) is 4.79 Å². The maximum Gasteiger partial charge on any atom is 0.196 e. The van der Waals surface area contributed by atoms with Gasteiger partial charge in [0.05, 0.1) is 5.56 Å². The van der Waals surface area contributed by atoms with Gasteiger partial charge in [0, 0.05) is 5.56 Å². The van der Waals surface area contributed by atoms with Crippen molar-refractivity contribution in [2.75, 3.05) is 0 Å². The molecule has 2 aromatic carbocycles. The van der Waals surface area contributed by atoms with Gasteiger partial charge in [-0.25, -0.2) is 8.78 Å². The van der Waals surface area contributed by atoms with Crippen LogP contribution in [-0.4, -0.2) is 5.78 Å². The Kier molecular flexibility index (Phi) is 3.24. The summed E-state index contributed by atoms with van der Waals surface area (Å²) in [4.78, 5) is 12.1. The zero-order valence-corrected chi connectivity index (χ0v) is 10.1. The molecule has 0 unspecified atom stereocenters. The van der Waals surface area contributed by atoms with E-state index in [9.17, 15) is 13.6 Å². The minimum atomic E-state index is -0.551. The third-order valence-electron chi connectivity index (χ3n) is 2.74. The summed E-state index contributed by atoms with van der Waals surface area (Å²) in [6.45, 7) is 3.27. The van der Waals surface area contributed by atoms with Crippen molar-refractivity contribution in [1.82, 2.24) is 0 Å². The van der Waals surface area contributed by atoms with Crippen LogP contribution in [0.1, 0.15) is 27.0 Å². The van der Waals surface area contributed by atoms with Gasteiger partial charge >= 0.3 is 0 Å². The monoisotopic (exact) mass is 246 g/mol. The molecule has 0 fully saturated rings. The number of benzene rings is 2. The highest BCUT2D eigenvalue weighted by molar-refractivity contribution is 6.09. The third-order valence-corrected chi connectivity index (χ3v) is 2.74. The van der Waals surface area contributed by atoms with Gasteiger partial charge in [0.1, 0.15) is 11.6 Å². The molecule has 3 heteroatoms. The van der Waals surface area contributed by atoms with Gasteiger partial charge in [0.25, 0.3) is 0 Å². The topological polar surface area (TPSA) is 17.1 Å². The first-order chi connectivity index (χ1) is 8.49. The number of carbonyl (C=O) groups excluding carboxylic acids is 1. The predicted molar refractivity (Wildman–Crippen MR) is 65.7 cm³/mol. The first kappa shape index (κ1) is 12.4. The molecule has 0 aliphatic carbocycles. The molecule has 0 radical (unpaired) electrons. The first-order valence-corrected chi connectivity index (χ1v) is 5.56. The average molecular weight is 246 g/mol. The highest BCUT2D eigenvalue weighted by Crippen LogP contribution is 2.18. The molecule has 0 aromatic heterocycles. The maximum absolute atomic E-state index is 13.8. The van der Waals surface area contributed by atoms with E-state index in [0.717, 1.165) is 6.07 Å². The number of hydrogen-bond acceptors (Lipinski definition) is 1. The summed E-state index contributed by atoms with van der Waals surface area (Å²) in [5.74, 6) is -1.55. The van der Waals surface area contributed by atoms with Crippen molar-refractivity contribution in [3.05, 3.63) is 70.3 Å². The fourth-order valence-corrected chi connectivity index (χ4v) is 1.85. The maximum atomic E-state index is 13.8. The van der Waals surface area contributed by atoms with Crippen molar-refractivity contribution in [2.24, 2.45) is 0 Å². The molecule has 2 aromatic rings. The number of hydrogen-bond donors (Lipinski definition) is 0. The molecular weight excluding hydrogens is 234 g/mol. The standard InChI is InChI=1S/C15H12F2O/c1-9-6-11(8-12(16)7-9)15(18)13-5-3-4-10(2)14(13)17/h3-8H,1-2H3. The molecule has 0 atom stereocenters. The highest BCUT2D eigenvalue weighted by atomic mass is 19.1. The van der Waals surface area contributed by atoms with E-state index in [0.29, 0.717) is 11.1 Å². The lowest BCUT2D eigenvalue weighted by Gasteiger charge is -2.06. The molecule has 0 aliphatic rings. The Labute approximate surface area is 104 Å². The molecule has 0 aliphatic heterocycles. The molecule has 92 valence electrons. The van der Waals surface area contributed by atoms with Gasteiger partial charge in [0.15, 0.2) is 5.78 Å². The average Bonchev–Trinajstić information content (AvgIpc) is 2.30. The van der Waals surface area contributed by atoms with Crippen LogP contribution in [0.25, 0.3) is 0 Å². The molecule has 0 saturated heterocycles. The number of ketones is 1. The van der Waals surface area contributed by atoms with E-state index < -0.39 is 17.4 Å². The zero-order valence-electron chi connectivity index (χ0n) is 10.1. The van der Waals surface area contributed by atoms with Crippen molar-refractivity contribution in [2.45, 2.75) is 13.8 Å². The van der Waals surface area contributed by atoms with Crippen LogP contribution in [0.5, 0.6) is 0 Å². The van der Waals surface area contributed by atoms with Gasteiger partial charge in [-0.05, 0) is 49.2 Å². The van der Waals surface area contributed by atoms with Crippen LogP contribution in [0, 0.1) is 25.5 Å². The molecule has 2 rings (SSSR count). The van der Waals surface area contributed by atoms with E-state index in [1.165, 1.54) is 12.1 Å². The summed E-state index contributed by atoms with van der Waals surface area (Å²) in [5, 5.41) is 0. The van der Waals surface area contributed by atoms with Crippen LogP contribution in [0.4, 0.5) is 8.78 Å². The minimum absolute atomic E-state index is 0.0278. The van der Waals surface area contributed by atoms with Crippen molar-refractivity contribution >= 4 is 5.78 Å². The molecule has 0 N–H and O–H groups in total. The fourth-order valence-electron chi connectivity index (χ4n) is 1.85. The Morgan fingerprint density at radius 3 is 2.44 bits per heavy atom. The number of halogens is 2. The quantitative estimate of drug-likeness (QED) is 0.736. The van der Waals surface area contributed by atoms with E-state index in [1.54, 1.807) is 32.0 Å². The molecule has 0 saturated carbocycles. The molecule has 0 amide bonds. The summed E-state index contributed by atoms with van der Waals surface area (Å²) in [7, 11) is 0. The van der Waals surface area contributed by atoms with E-state index in [2.05, 4.69) is 0 Å². The Morgan fingerprint density at radius 1 is 1.06 bits per heavy atom. The van der Waals surface area contributed by atoms with Crippen LogP contribution in [-0.2, 0) is 0 Å². The van der Waals surface area contributed by atoms with E-state index in [4.69, 9.17) is 0 Å². The Morgan fingerprint density at radius 2 is 1.78 bits per heavy atom. The smallest absolute Gasteiger partial charge is 0.196 e. The largest absolute Gasteiger partial charge is 0.288 e. The Balaban J connectivity index is 2.51. The second kappa shape index (κ2) is 4.69. The minimum Gasteiger partial charge on any atom is -0.288 e. The summed E-state index contributed by atoms with van der Waals surface area (Å²) in [5.41, 5.74) is 1.16. The first-order valence-electron chi connectivity index (χ1n) is 5.56. The fraction of sp³-hybridized carbons (Fsp3) is 0.133. The summed E-state index contributed by atoms with van der Waals surface area (Å²) in [6, 6.07) is 8.60. The van der Waals surface area contributed by atoms with Gasteiger partial charge in [-0.15, -0.1) is 0 Å². The summed E-state index contributed by atoms with van der Waals surface area (Å²) >= 11 is 0. The molecule has 1 nitrogen and oxygen atoms in total. The number of rotatable bonds is 2. The van der Waals surface area contributed by atoms with Gasteiger partial charge in [0.2, 0.25) is 0 Å². The molecule has 0 bridgehead atoms. The second-order valence-corrected chi connectivity index (χ2v) is 4.28. The van der Waals surface area contributed by atoms with E-state index in [-0.39, 0.29) is 11.1 Å². The molecule has 0 heterocycles. The van der Waals surface area contributed by atoms with Crippen LogP contribution >= 0.6 is 0 Å². The van der Waals surface area contributed by atoms with Gasteiger partial charge < -0.3 is 0 Å². The summed E-state index contributed by atoms with van der Waals surface area (Å²) < 4.78 is 27.1. The van der Waals surface area contributed by atoms with Crippen LogP contribution in [0.15, 0.2) is 36.4 Å². The second-order valence-electron chi connectivity index (χ2n) is 4.28. The lowest BCUT2D eigenvalue weighted by atomic mass is 9.99. The van der Waals surface area contributed by atoms with Gasteiger partial charge in [-0.2, -0.15) is 0 Å². The summed E-state index contributed by atoms with van der Waals surface area (Å²) in [6.07, 6.45) is 0. The number of aryl methyl sites for hydroxylation is 2. The zero-order chi connectivity index (χ0) is 13.3. The van der Waals surface area contributed by atoms with E-state index in [1.807, 2.05) is 0 Å². The molecule has 18 heavy (non-hydrogen) atoms. The van der Waals surface area contributed by atoms with Crippen molar-refractivity contribution in [3.63, 3.8) is 0 Å². The normalized spacial score (nSPS) is 10.4. The third kappa shape index (κ3) is 2.30. The predicted octanol–water partition coefficient (Wildman–Crippen LogP) is 3.81. The van der Waals surface area contributed by atoms with Crippen LogP contribution in [0.2, 0.25) is 0 Å². The van der Waals surface area contributed by atoms with Crippen molar-refractivity contribution in [1.29, 1.82) is 0 Å². The lowest BCUT2D eigenvalue weighted by Crippen LogP contribution is -2.06.